The van der Waals surface area contributed by atoms with Crippen molar-refractivity contribution in [1.82, 2.24) is 0 Å². The number of alkyl halides is 2. The summed E-state index contributed by atoms with van der Waals surface area (Å²) in [7, 11) is 1.19. The minimum atomic E-state index is -3.99. The third kappa shape index (κ3) is 3.43. The Morgan fingerprint density at radius 3 is 2.09 bits per heavy atom. The van der Waals surface area contributed by atoms with Gasteiger partial charge in [-0.3, -0.25) is 4.79 Å². The van der Waals surface area contributed by atoms with Crippen molar-refractivity contribution in [3.8, 4) is 0 Å². The zero-order valence-corrected chi connectivity index (χ0v) is 12.2. The predicted octanol–water partition coefficient (Wildman–Crippen LogP) is 3.02. The quantitative estimate of drug-likeness (QED) is 0.679. The van der Waals surface area contributed by atoms with Crippen LogP contribution in [-0.4, -0.2) is 29.9 Å². The third-order valence-corrected chi connectivity index (χ3v) is 3.33. The zero-order valence-electron chi connectivity index (χ0n) is 12.2. The number of Topliss-reactive ketones (excluding diaryl/α,β-unsaturated/α-hetero) is 1. The van der Waals surface area contributed by atoms with E-state index in [0.717, 1.165) is 12.1 Å². The molecular formula is C17H14F2O4. The monoisotopic (exact) mass is 320 g/mol. The summed E-state index contributed by atoms with van der Waals surface area (Å²) in [6, 6.07) is 11.8. The lowest BCUT2D eigenvalue weighted by Crippen LogP contribution is -2.35. The molecule has 0 aliphatic carbocycles. The van der Waals surface area contributed by atoms with E-state index in [4.69, 9.17) is 0 Å². The van der Waals surface area contributed by atoms with E-state index in [-0.39, 0.29) is 16.7 Å². The molecule has 0 radical (unpaired) electrons. The number of hydrogen-bond acceptors (Lipinski definition) is 4. The number of ketones is 1. The molecule has 0 fully saturated rings. The third-order valence-electron chi connectivity index (χ3n) is 3.33. The lowest BCUT2D eigenvalue weighted by atomic mass is 9.95. The molecule has 2 aromatic carbocycles. The Balaban J connectivity index is 2.25. The molecule has 2 rings (SSSR count). The summed E-state index contributed by atoms with van der Waals surface area (Å²) in [4.78, 5) is 23.2. The molecule has 0 bridgehead atoms. The van der Waals surface area contributed by atoms with E-state index < -0.39 is 23.8 Å². The van der Waals surface area contributed by atoms with E-state index >= 15 is 0 Å². The van der Waals surface area contributed by atoms with Gasteiger partial charge in [0.05, 0.1) is 12.7 Å². The summed E-state index contributed by atoms with van der Waals surface area (Å²) in [6.07, 6.45) is -2.32. The van der Waals surface area contributed by atoms with E-state index in [9.17, 15) is 23.5 Å². The van der Waals surface area contributed by atoms with Gasteiger partial charge < -0.3 is 9.84 Å². The van der Waals surface area contributed by atoms with Gasteiger partial charge in [0.15, 0.2) is 6.10 Å². The summed E-state index contributed by atoms with van der Waals surface area (Å²) in [5.74, 6) is -6.09. The fourth-order valence-electron chi connectivity index (χ4n) is 2.03. The van der Waals surface area contributed by atoms with E-state index in [0.29, 0.717) is 0 Å². The lowest BCUT2D eigenvalue weighted by Gasteiger charge is -2.21. The number of methoxy groups -OCH3 is 1. The maximum absolute atomic E-state index is 14.2. The van der Waals surface area contributed by atoms with E-state index in [2.05, 4.69) is 4.74 Å². The Kier molecular flexibility index (Phi) is 4.86. The van der Waals surface area contributed by atoms with Crippen molar-refractivity contribution in [2.75, 3.05) is 7.11 Å². The Morgan fingerprint density at radius 1 is 1.00 bits per heavy atom. The molecule has 120 valence electrons. The first-order valence-corrected chi connectivity index (χ1v) is 6.72. The van der Waals surface area contributed by atoms with Crippen molar-refractivity contribution in [3.63, 3.8) is 0 Å². The number of benzene rings is 2. The number of hydrogen-bond donors (Lipinski definition) is 1. The number of rotatable bonds is 5. The highest BCUT2D eigenvalue weighted by Crippen LogP contribution is 2.34. The molecule has 1 N–H and O–H groups in total. The van der Waals surface area contributed by atoms with Gasteiger partial charge in [0.25, 0.3) is 0 Å². The van der Waals surface area contributed by atoms with Crippen molar-refractivity contribution in [3.05, 3.63) is 71.3 Å². The molecule has 0 aliphatic heterocycles. The van der Waals surface area contributed by atoms with E-state index in [1.807, 2.05) is 0 Å². The van der Waals surface area contributed by atoms with Crippen molar-refractivity contribution in [1.29, 1.82) is 0 Å². The number of halogens is 2. The average Bonchev–Trinajstić information content (AvgIpc) is 2.60. The summed E-state index contributed by atoms with van der Waals surface area (Å²) >= 11 is 0. The molecule has 0 aromatic heterocycles. The second kappa shape index (κ2) is 6.66. The molecule has 6 heteroatoms. The van der Waals surface area contributed by atoms with Crippen LogP contribution in [0.4, 0.5) is 8.78 Å². The smallest absolute Gasteiger partial charge is 0.339 e. The van der Waals surface area contributed by atoms with Crippen LogP contribution >= 0.6 is 0 Å². The Labute approximate surface area is 131 Å². The van der Waals surface area contributed by atoms with E-state index in [1.54, 1.807) is 6.07 Å². The maximum Gasteiger partial charge on any atom is 0.339 e. The van der Waals surface area contributed by atoms with Crippen LogP contribution in [-0.2, 0) is 4.74 Å². The van der Waals surface area contributed by atoms with Crippen molar-refractivity contribution >= 4 is 11.8 Å². The number of esters is 1. The second-order valence-electron chi connectivity index (χ2n) is 4.83. The van der Waals surface area contributed by atoms with Crippen LogP contribution < -0.4 is 0 Å². The number of carbonyl (C=O) groups is 2. The predicted molar refractivity (Wildman–Crippen MR) is 78.5 cm³/mol. The molecule has 4 nitrogen and oxygen atoms in total. The highest BCUT2D eigenvalue weighted by atomic mass is 19.3. The highest BCUT2D eigenvalue weighted by molar-refractivity contribution is 6.01. The second-order valence-corrected chi connectivity index (χ2v) is 4.83. The SMILES string of the molecule is COC(=O)c1ccc(C(O)C(F)(F)C(=O)c2ccccc2)cc1. The fraction of sp³-hybridized carbons (Fsp3) is 0.176. The molecule has 1 atom stereocenters. The Hall–Kier alpha value is -2.60. The molecule has 1 unspecified atom stereocenters. The van der Waals surface area contributed by atoms with Gasteiger partial charge in [0.2, 0.25) is 5.78 Å². The molecule has 0 aliphatic rings. The average molecular weight is 320 g/mol. The van der Waals surface area contributed by atoms with Gasteiger partial charge in [0.1, 0.15) is 0 Å². The van der Waals surface area contributed by atoms with Crippen LogP contribution in [0.3, 0.4) is 0 Å². The van der Waals surface area contributed by atoms with Gasteiger partial charge in [-0.05, 0) is 17.7 Å². The molecule has 0 heterocycles. The minimum Gasteiger partial charge on any atom is -0.465 e. The van der Waals surface area contributed by atoms with Crippen LogP contribution in [0.25, 0.3) is 0 Å². The van der Waals surface area contributed by atoms with Crippen LogP contribution in [0.1, 0.15) is 32.4 Å². The van der Waals surface area contributed by atoms with Gasteiger partial charge in [-0.15, -0.1) is 0 Å². The topological polar surface area (TPSA) is 63.6 Å². The van der Waals surface area contributed by atoms with Gasteiger partial charge in [-0.25, -0.2) is 4.79 Å². The number of ether oxygens (including phenoxy) is 1. The van der Waals surface area contributed by atoms with E-state index in [1.165, 1.54) is 43.5 Å². The minimum absolute atomic E-state index is 0.154. The van der Waals surface area contributed by atoms with Gasteiger partial charge in [0, 0.05) is 5.56 Å². The molecule has 0 saturated carbocycles. The Morgan fingerprint density at radius 2 is 1.57 bits per heavy atom. The first-order valence-electron chi connectivity index (χ1n) is 6.72. The zero-order chi connectivity index (χ0) is 17.0. The first-order chi connectivity index (χ1) is 10.9. The van der Waals surface area contributed by atoms with Crippen molar-refractivity contribution in [2.45, 2.75) is 12.0 Å². The van der Waals surface area contributed by atoms with Crippen molar-refractivity contribution in [2.24, 2.45) is 0 Å². The Bertz CT molecular complexity index is 696. The molecule has 0 amide bonds. The van der Waals surface area contributed by atoms with Crippen LogP contribution in [0.2, 0.25) is 0 Å². The van der Waals surface area contributed by atoms with Gasteiger partial charge in [-0.2, -0.15) is 8.78 Å². The maximum atomic E-state index is 14.2. The van der Waals surface area contributed by atoms with Gasteiger partial charge in [-0.1, -0.05) is 42.5 Å². The molecule has 2 aromatic rings. The summed E-state index contributed by atoms with van der Waals surface area (Å²) in [6.45, 7) is 0. The lowest BCUT2D eigenvalue weighted by molar-refractivity contribution is -0.0792. The summed E-state index contributed by atoms with van der Waals surface area (Å²) in [5, 5.41) is 9.88. The highest BCUT2D eigenvalue weighted by Gasteiger charge is 2.47. The largest absolute Gasteiger partial charge is 0.465 e. The molecule has 0 saturated heterocycles. The molecule has 0 spiro atoms. The van der Waals surface area contributed by atoms with Crippen LogP contribution in [0.5, 0.6) is 0 Å². The van der Waals surface area contributed by atoms with Crippen LogP contribution in [0, 0.1) is 0 Å². The van der Waals surface area contributed by atoms with Crippen LogP contribution in [0.15, 0.2) is 54.6 Å². The van der Waals surface area contributed by atoms with Gasteiger partial charge >= 0.3 is 11.9 Å². The molecular weight excluding hydrogens is 306 g/mol. The first kappa shape index (κ1) is 16.8. The summed E-state index contributed by atoms with van der Waals surface area (Å²) < 4.78 is 32.9. The fourth-order valence-corrected chi connectivity index (χ4v) is 2.03. The number of aliphatic hydroxyl groups excluding tert-OH is 1. The normalized spacial score (nSPS) is 12.5. The number of carbonyl (C=O) groups excluding carboxylic acids is 2. The summed E-state index contributed by atoms with van der Waals surface area (Å²) in [5.41, 5.74) is -0.212. The standard InChI is InChI=1S/C17H14F2O4/c1-23-16(22)13-9-7-12(8-10-13)15(21)17(18,19)14(20)11-5-3-2-4-6-11/h2-10,15,21H,1H3. The van der Waals surface area contributed by atoms with Crippen molar-refractivity contribution < 1.29 is 28.2 Å². The molecule has 23 heavy (non-hydrogen) atoms. The number of aliphatic hydroxyl groups is 1.